The van der Waals surface area contributed by atoms with Crippen molar-refractivity contribution in [2.75, 3.05) is 11.9 Å². The number of anilines is 1. The van der Waals surface area contributed by atoms with Gasteiger partial charge in [0.15, 0.2) is 0 Å². The van der Waals surface area contributed by atoms with E-state index in [9.17, 15) is 4.79 Å². The average Bonchev–Trinajstić information content (AvgIpc) is 2.64. The van der Waals surface area contributed by atoms with Gasteiger partial charge in [-0.05, 0) is 30.9 Å². The maximum Gasteiger partial charge on any atom is 0.322 e. The summed E-state index contributed by atoms with van der Waals surface area (Å²) in [5, 5.41) is 3.28. The molecule has 1 aromatic rings. The lowest BCUT2D eigenvalue weighted by Crippen LogP contribution is -2.57. The molecule has 0 spiro atoms. The number of hydrogen-bond donors (Lipinski definition) is 1. The molecule has 1 aliphatic heterocycles. The molecule has 1 aromatic heterocycles. The number of hydrogen-bond acceptors (Lipinski definition) is 2. The summed E-state index contributed by atoms with van der Waals surface area (Å²) in [5.41, 5.74) is 0.695. The molecule has 1 N–H and O–H groups in total. The molecule has 4 nitrogen and oxygen atoms in total. The molecule has 1 saturated heterocycles. The van der Waals surface area contributed by atoms with Crippen LogP contribution in [0.3, 0.4) is 0 Å². The number of nitrogens with one attached hydrogen (secondary N) is 1. The third kappa shape index (κ3) is 1.97. The van der Waals surface area contributed by atoms with Crippen LogP contribution in [0.5, 0.6) is 0 Å². The molecule has 0 aromatic carbocycles. The predicted octanol–water partition coefficient (Wildman–Crippen LogP) is 2.75. The fraction of sp³-hybridized carbons (Fsp3) is 0.500. The molecule has 90 valence electrons. The summed E-state index contributed by atoms with van der Waals surface area (Å²) in [7, 11) is 0. The highest BCUT2D eigenvalue weighted by Gasteiger charge is 2.44. The Hall–Kier alpha value is -1.29. The maximum absolute atomic E-state index is 12.0. The molecule has 17 heavy (non-hydrogen) atoms. The third-order valence-electron chi connectivity index (χ3n) is 3.69. The zero-order chi connectivity index (χ0) is 11.8. The Balaban J connectivity index is 1.62. The number of carbonyl (C=O) groups excluding carboxylic acids is 1. The molecule has 1 aliphatic carbocycles. The number of carbonyl (C=O) groups is 1. The quantitative estimate of drug-likeness (QED) is 0.780. The molecule has 2 heterocycles. The van der Waals surface area contributed by atoms with Crippen molar-refractivity contribution in [3.63, 3.8) is 0 Å². The van der Waals surface area contributed by atoms with Gasteiger partial charge < -0.3 is 10.2 Å². The van der Waals surface area contributed by atoms with Gasteiger partial charge in [-0.1, -0.05) is 18.0 Å². The molecule has 0 bridgehead atoms. The van der Waals surface area contributed by atoms with Crippen molar-refractivity contribution in [2.24, 2.45) is 5.92 Å². The second kappa shape index (κ2) is 4.18. The number of rotatable bonds is 1. The predicted molar refractivity (Wildman–Crippen MR) is 66.1 cm³/mol. The lowest BCUT2D eigenvalue weighted by atomic mass is 9.92. The molecule has 3 rings (SSSR count). The van der Waals surface area contributed by atoms with Gasteiger partial charge in [0.05, 0.1) is 11.9 Å². The molecule has 2 amide bonds. The first kappa shape index (κ1) is 10.8. The first-order chi connectivity index (χ1) is 8.24. The summed E-state index contributed by atoms with van der Waals surface area (Å²) in [6, 6.07) is 3.89. The average molecular weight is 252 g/mol. The minimum atomic E-state index is -0.0164. The van der Waals surface area contributed by atoms with E-state index in [2.05, 4.69) is 10.3 Å². The topological polar surface area (TPSA) is 45.2 Å². The monoisotopic (exact) mass is 251 g/mol. The number of aromatic nitrogens is 1. The summed E-state index contributed by atoms with van der Waals surface area (Å²) in [5.74, 6) is 0.740. The fourth-order valence-electron chi connectivity index (χ4n) is 2.77. The molecule has 2 unspecified atom stereocenters. The number of fused-ring (bicyclic) bond motifs is 1. The van der Waals surface area contributed by atoms with E-state index in [4.69, 9.17) is 11.6 Å². The van der Waals surface area contributed by atoms with Crippen LogP contribution < -0.4 is 5.32 Å². The Bertz CT molecular complexity index is 434. The van der Waals surface area contributed by atoms with Gasteiger partial charge in [0.25, 0.3) is 0 Å². The van der Waals surface area contributed by atoms with Crippen LogP contribution in [0, 0.1) is 5.92 Å². The van der Waals surface area contributed by atoms with Crippen molar-refractivity contribution in [3.05, 3.63) is 23.5 Å². The summed E-state index contributed by atoms with van der Waals surface area (Å²) in [6.45, 7) is 0.900. The van der Waals surface area contributed by atoms with Crippen LogP contribution in [0.1, 0.15) is 19.3 Å². The standard InChI is InChI=1S/C12H14ClN3O/c13-11-5-4-9(6-14-11)15-12(17)16-7-8-2-1-3-10(8)16/h4-6,8,10H,1-3,7H2,(H,15,17). The molecule has 2 fully saturated rings. The summed E-state index contributed by atoms with van der Waals surface area (Å²) >= 11 is 5.69. The van der Waals surface area contributed by atoms with Crippen LogP contribution in [-0.2, 0) is 0 Å². The minimum absolute atomic E-state index is 0.0164. The Morgan fingerprint density at radius 1 is 1.47 bits per heavy atom. The van der Waals surface area contributed by atoms with E-state index in [1.807, 2.05) is 4.90 Å². The van der Waals surface area contributed by atoms with Crippen molar-refractivity contribution in [3.8, 4) is 0 Å². The van der Waals surface area contributed by atoms with Gasteiger partial charge in [0.2, 0.25) is 0 Å². The maximum atomic E-state index is 12.0. The van der Waals surface area contributed by atoms with Crippen LogP contribution >= 0.6 is 11.6 Å². The van der Waals surface area contributed by atoms with Crippen molar-refractivity contribution in [1.29, 1.82) is 0 Å². The van der Waals surface area contributed by atoms with Gasteiger partial charge in [0.1, 0.15) is 5.15 Å². The number of urea groups is 1. The number of pyridine rings is 1. The second-order valence-corrected chi connectivity index (χ2v) is 5.10. The zero-order valence-corrected chi connectivity index (χ0v) is 10.2. The van der Waals surface area contributed by atoms with E-state index in [1.165, 1.54) is 12.8 Å². The lowest BCUT2D eigenvalue weighted by molar-refractivity contribution is 0.0797. The SMILES string of the molecule is O=C(Nc1ccc(Cl)nc1)N1CC2CCCC21. The molecular formula is C12H14ClN3O. The summed E-state index contributed by atoms with van der Waals surface area (Å²) in [4.78, 5) is 17.8. The zero-order valence-electron chi connectivity index (χ0n) is 9.40. The van der Waals surface area contributed by atoms with Crippen LogP contribution in [0.2, 0.25) is 5.15 Å². The molecule has 5 heteroatoms. The van der Waals surface area contributed by atoms with Crippen molar-refractivity contribution < 1.29 is 4.79 Å². The number of nitrogens with zero attached hydrogens (tertiary/aromatic N) is 2. The van der Waals surface area contributed by atoms with Gasteiger partial charge >= 0.3 is 6.03 Å². The van der Waals surface area contributed by atoms with Gasteiger partial charge in [-0.15, -0.1) is 0 Å². The molecule has 2 aliphatic rings. The fourth-order valence-corrected chi connectivity index (χ4v) is 2.88. The van der Waals surface area contributed by atoms with Crippen molar-refractivity contribution in [2.45, 2.75) is 25.3 Å². The highest BCUT2D eigenvalue weighted by molar-refractivity contribution is 6.29. The Kier molecular flexibility index (Phi) is 2.67. The second-order valence-electron chi connectivity index (χ2n) is 4.71. The number of halogens is 1. The van der Waals surface area contributed by atoms with E-state index in [1.54, 1.807) is 18.3 Å². The van der Waals surface area contributed by atoms with Crippen LogP contribution in [0.4, 0.5) is 10.5 Å². The molecule has 2 atom stereocenters. The molecular weight excluding hydrogens is 238 g/mol. The Morgan fingerprint density at radius 2 is 2.35 bits per heavy atom. The van der Waals surface area contributed by atoms with Gasteiger partial charge in [-0.3, -0.25) is 0 Å². The van der Waals surface area contributed by atoms with Crippen LogP contribution in [0.15, 0.2) is 18.3 Å². The highest BCUT2D eigenvalue weighted by Crippen LogP contribution is 2.38. The van der Waals surface area contributed by atoms with Crippen LogP contribution in [-0.4, -0.2) is 28.5 Å². The smallest absolute Gasteiger partial charge is 0.321 e. The normalized spacial score (nSPS) is 26.3. The summed E-state index contributed by atoms with van der Waals surface area (Å²) in [6.07, 6.45) is 5.25. The number of amides is 2. The van der Waals surface area contributed by atoms with Crippen LogP contribution in [0.25, 0.3) is 0 Å². The van der Waals surface area contributed by atoms with Gasteiger partial charge in [0, 0.05) is 12.6 Å². The summed E-state index contributed by atoms with van der Waals surface area (Å²) < 4.78 is 0. The van der Waals surface area contributed by atoms with E-state index in [-0.39, 0.29) is 6.03 Å². The van der Waals surface area contributed by atoms with E-state index in [0.717, 1.165) is 18.9 Å². The van der Waals surface area contributed by atoms with E-state index < -0.39 is 0 Å². The minimum Gasteiger partial charge on any atom is -0.321 e. The largest absolute Gasteiger partial charge is 0.322 e. The van der Waals surface area contributed by atoms with Crippen molar-refractivity contribution in [1.82, 2.24) is 9.88 Å². The van der Waals surface area contributed by atoms with Gasteiger partial charge in [-0.2, -0.15) is 0 Å². The third-order valence-corrected chi connectivity index (χ3v) is 3.91. The Labute approximate surface area is 105 Å². The van der Waals surface area contributed by atoms with E-state index in [0.29, 0.717) is 16.9 Å². The van der Waals surface area contributed by atoms with E-state index >= 15 is 0 Å². The molecule has 1 saturated carbocycles. The van der Waals surface area contributed by atoms with Crippen molar-refractivity contribution >= 4 is 23.3 Å². The lowest BCUT2D eigenvalue weighted by Gasteiger charge is -2.44. The molecule has 0 radical (unpaired) electrons. The first-order valence-corrected chi connectivity index (χ1v) is 6.31. The number of likely N-dealkylation sites (tertiary alicyclic amines) is 1. The first-order valence-electron chi connectivity index (χ1n) is 5.93. The van der Waals surface area contributed by atoms with Gasteiger partial charge in [-0.25, -0.2) is 9.78 Å². The highest BCUT2D eigenvalue weighted by atomic mass is 35.5. The Morgan fingerprint density at radius 3 is 3.06 bits per heavy atom.